The fourth-order valence-electron chi connectivity index (χ4n) is 2.48. The van der Waals surface area contributed by atoms with Crippen LogP contribution in [0.2, 0.25) is 0 Å². The number of rotatable bonds is 3. The van der Waals surface area contributed by atoms with E-state index in [9.17, 15) is 18.0 Å². The Morgan fingerprint density at radius 3 is 2.52 bits per heavy atom. The molecule has 0 aliphatic carbocycles. The number of carbonyl (C=O) groups is 1. The zero-order valence-electron chi connectivity index (χ0n) is 13.3. The van der Waals surface area contributed by atoms with Gasteiger partial charge in [-0.1, -0.05) is 20.8 Å². The monoisotopic (exact) mass is 327 g/mol. The van der Waals surface area contributed by atoms with Crippen molar-refractivity contribution in [1.82, 2.24) is 5.32 Å². The lowest BCUT2D eigenvalue weighted by Crippen LogP contribution is -2.42. The molecule has 1 aliphatic heterocycles. The maximum Gasteiger partial charge on any atom is 0.220 e. The predicted octanol–water partition coefficient (Wildman–Crippen LogP) is 4.00. The van der Waals surface area contributed by atoms with E-state index in [1.54, 1.807) is 6.08 Å². The van der Waals surface area contributed by atoms with Gasteiger partial charge >= 0.3 is 0 Å². The molecule has 2 rings (SSSR count). The largest absolute Gasteiger partial charge is 0.491 e. The number of halogens is 3. The third kappa shape index (κ3) is 4.50. The van der Waals surface area contributed by atoms with Gasteiger partial charge in [0, 0.05) is 18.1 Å². The zero-order valence-corrected chi connectivity index (χ0v) is 13.3. The molecule has 1 heterocycles. The molecule has 3 nitrogen and oxygen atoms in total. The lowest BCUT2D eigenvalue weighted by atomic mass is 9.91. The first kappa shape index (κ1) is 17.4. The summed E-state index contributed by atoms with van der Waals surface area (Å²) in [6.07, 6.45) is 2.87. The van der Waals surface area contributed by atoms with Gasteiger partial charge in [0.15, 0.2) is 11.6 Å². The predicted molar refractivity (Wildman–Crippen MR) is 79.9 cm³/mol. The first-order chi connectivity index (χ1) is 10.7. The first-order valence-electron chi connectivity index (χ1n) is 7.41. The van der Waals surface area contributed by atoms with Crippen molar-refractivity contribution < 1.29 is 22.7 Å². The third-order valence-electron chi connectivity index (χ3n) is 3.46. The Morgan fingerprint density at radius 1 is 1.22 bits per heavy atom. The Labute approximate surface area is 133 Å². The van der Waals surface area contributed by atoms with E-state index >= 15 is 0 Å². The van der Waals surface area contributed by atoms with Gasteiger partial charge in [0.1, 0.15) is 11.9 Å². The lowest BCUT2D eigenvalue weighted by molar-refractivity contribution is -0.124. The summed E-state index contributed by atoms with van der Waals surface area (Å²) in [7, 11) is 0. The number of hydrogen-bond acceptors (Lipinski definition) is 2. The van der Waals surface area contributed by atoms with Gasteiger partial charge in [0.25, 0.3) is 0 Å². The van der Waals surface area contributed by atoms with Gasteiger partial charge < -0.3 is 10.1 Å². The minimum atomic E-state index is -1.26. The summed E-state index contributed by atoms with van der Waals surface area (Å²) >= 11 is 0. The van der Waals surface area contributed by atoms with Crippen molar-refractivity contribution in [2.75, 3.05) is 0 Å². The molecule has 2 atom stereocenters. The van der Waals surface area contributed by atoms with Crippen molar-refractivity contribution >= 4 is 5.91 Å². The Hall–Kier alpha value is -1.98. The van der Waals surface area contributed by atoms with E-state index in [1.165, 1.54) is 6.26 Å². The molecule has 1 aromatic rings. The van der Waals surface area contributed by atoms with E-state index < -0.39 is 29.6 Å². The van der Waals surface area contributed by atoms with Gasteiger partial charge in [0.05, 0.1) is 12.3 Å². The van der Waals surface area contributed by atoms with Crippen LogP contribution in [0.5, 0.6) is 0 Å². The molecule has 0 aromatic heterocycles. The van der Waals surface area contributed by atoms with Crippen molar-refractivity contribution in [3.8, 4) is 0 Å². The molecular weight excluding hydrogens is 307 g/mol. The molecule has 1 aliphatic rings. The van der Waals surface area contributed by atoms with Gasteiger partial charge in [-0.3, -0.25) is 4.79 Å². The van der Waals surface area contributed by atoms with Crippen molar-refractivity contribution in [3.63, 3.8) is 0 Å². The molecule has 0 radical (unpaired) electrons. The summed E-state index contributed by atoms with van der Waals surface area (Å²) in [6, 6.07) is 0.715. The minimum Gasteiger partial charge on any atom is -0.491 e. The summed E-state index contributed by atoms with van der Waals surface area (Å²) < 4.78 is 45.8. The Bertz CT molecular complexity index is 623. The van der Waals surface area contributed by atoms with E-state index in [-0.39, 0.29) is 16.9 Å². The number of nitrogens with one attached hydrogen (secondary N) is 1. The highest BCUT2D eigenvalue weighted by Crippen LogP contribution is 2.31. The average molecular weight is 327 g/mol. The fourth-order valence-corrected chi connectivity index (χ4v) is 2.48. The van der Waals surface area contributed by atoms with Crippen LogP contribution >= 0.6 is 0 Å². The summed E-state index contributed by atoms with van der Waals surface area (Å²) in [6.45, 7) is 5.78. The normalized spacial score (nSPS) is 21.0. The number of benzene rings is 1. The van der Waals surface area contributed by atoms with Crippen molar-refractivity contribution in [1.29, 1.82) is 0 Å². The maximum absolute atomic E-state index is 14.0. The van der Waals surface area contributed by atoms with Crippen LogP contribution in [-0.4, -0.2) is 11.9 Å². The standard InChI is InChI=1S/C17H20F3NO2/c1-17(2,3)9-15(22)21-14-5-4-6-23-16(14)10-7-12(19)13(20)8-11(10)18/h4,6-8,14,16H,5,9H2,1-3H3,(H,21,22)/t14?,16-/m1/s1. The summed E-state index contributed by atoms with van der Waals surface area (Å²) in [4.78, 5) is 12.1. The second kappa shape index (κ2) is 6.64. The van der Waals surface area contributed by atoms with Crippen LogP contribution in [0.15, 0.2) is 24.5 Å². The van der Waals surface area contributed by atoms with Crippen molar-refractivity contribution in [2.24, 2.45) is 5.41 Å². The quantitative estimate of drug-likeness (QED) is 0.852. The second-order valence-electron chi connectivity index (χ2n) is 6.86. The molecular formula is C17H20F3NO2. The van der Waals surface area contributed by atoms with E-state index in [0.29, 0.717) is 18.9 Å². The van der Waals surface area contributed by atoms with E-state index in [1.807, 2.05) is 20.8 Å². The molecule has 0 bridgehead atoms. The van der Waals surface area contributed by atoms with E-state index in [0.717, 1.165) is 6.07 Å². The third-order valence-corrected chi connectivity index (χ3v) is 3.46. The van der Waals surface area contributed by atoms with Crippen LogP contribution in [0.1, 0.15) is 45.3 Å². The Balaban J connectivity index is 2.21. The summed E-state index contributed by atoms with van der Waals surface area (Å²) in [5, 5.41) is 2.79. The fraction of sp³-hybridized carbons (Fsp3) is 0.471. The van der Waals surface area contributed by atoms with Gasteiger partial charge in [-0.25, -0.2) is 13.2 Å². The van der Waals surface area contributed by atoms with Gasteiger partial charge in [-0.15, -0.1) is 0 Å². The minimum absolute atomic E-state index is 0.116. The van der Waals surface area contributed by atoms with Gasteiger partial charge in [-0.05, 0) is 24.0 Å². The van der Waals surface area contributed by atoms with Crippen LogP contribution in [0.3, 0.4) is 0 Å². The highest BCUT2D eigenvalue weighted by atomic mass is 19.2. The summed E-state index contributed by atoms with van der Waals surface area (Å²) in [5.74, 6) is -3.51. The Kier molecular flexibility index (Phi) is 5.02. The molecule has 0 spiro atoms. The van der Waals surface area contributed by atoms with Gasteiger partial charge in [0.2, 0.25) is 5.91 Å². The van der Waals surface area contributed by atoms with Crippen molar-refractivity contribution in [2.45, 2.75) is 45.8 Å². The molecule has 0 fully saturated rings. The number of carbonyl (C=O) groups excluding carboxylic acids is 1. The van der Waals surface area contributed by atoms with Crippen LogP contribution in [-0.2, 0) is 9.53 Å². The molecule has 1 aromatic carbocycles. The maximum atomic E-state index is 14.0. The van der Waals surface area contributed by atoms with E-state index in [4.69, 9.17) is 4.74 Å². The first-order valence-corrected chi connectivity index (χ1v) is 7.41. The molecule has 1 N–H and O–H groups in total. The molecule has 126 valence electrons. The van der Waals surface area contributed by atoms with Crippen LogP contribution in [0.4, 0.5) is 13.2 Å². The number of hydrogen-bond donors (Lipinski definition) is 1. The highest BCUT2D eigenvalue weighted by Gasteiger charge is 2.31. The second-order valence-corrected chi connectivity index (χ2v) is 6.86. The van der Waals surface area contributed by atoms with E-state index in [2.05, 4.69) is 5.32 Å². The zero-order chi connectivity index (χ0) is 17.2. The summed E-state index contributed by atoms with van der Waals surface area (Å²) in [5.41, 5.74) is -0.313. The van der Waals surface area contributed by atoms with Crippen molar-refractivity contribution in [3.05, 3.63) is 47.5 Å². The Morgan fingerprint density at radius 2 is 1.87 bits per heavy atom. The lowest BCUT2D eigenvalue weighted by Gasteiger charge is -2.31. The van der Waals surface area contributed by atoms with Gasteiger partial charge in [-0.2, -0.15) is 0 Å². The van der Waals surface area contributed by atoms with Crippen LogP contribution in [0, 0.1) is 22.9 Å². The molecule has 23 heavy (non-hydrogen) atoms. The van der Waals surface area contributed by atoms with Crippen LogP contribution in [0.25, 0.3) is 0 Å². The average Bonchev–Trinajstić information content (AvgIpc) is 2.41. The number of ether oxygens (including phenoxy) is 1. The smallest absolute Gasteiger partial charge is 0.220 e. The SMILES string of the molecule is CC(C)(C)CC(=O)NC1CC=CO[C@@H]1c1cc(F)c(F)cc1F. The molecule has 1 amide bonds. The molecule has 0 saturated heterocycles. The van der Waals surface area contributed by atoms with Crippen LogP contribution < -0.4 is 5.32 Å². The highest BCUT2D eigenvalue weighted by molar-refractivity contribution is 5.77. The molecule has 6 heteroatoms. The molecule has 0 saturated carbocycles. The topological polar surface area (TPSA) is 38.3 Å². The number of amides is 1. The molecule has 1 unspecified atom stereocenters.